The minimum atomic E-state index is 0.0957. The minimum absolute atomic E-state index is 0.0957. The Morgan fingerprint density at radius 2 is 2.27 bits per heavy atom. The van der Waals surface area contributed by atoms with Gasteiger partial charge >= 0.3 is 0 Å². The Hall–Kier alpha value is -1.02. The molecule has 0 saturated heterocycles. The van der Waals surface area contributed by atoms with Crippen LogP contribution >= 0.6 is 0 Å². The molecule has 80 valence electrons. The second-order valence-corrected chi connectivity index (χ2v) is 5.11. The molecule has 2 nitrogen and oxygen atoms in total. The van der Waals surface area contributed by atoms with E-state index in [9.17, 15) is 0 Å². The lowest BCUT2D eigenvalue weighted by molar-refractivity contribution is 0.254. The van der Waals surface area contributed by atoms with E-state index in [-0.39, 0.29) is 5.54 Å². The van der Waals surface area contributed by atoms with E-state index in [4.69, 9.17) is 10.5 Å². The van der Waals surface area contributed by atoms with Crippen molar-refractivity contribution in [1.29, 1.82) is 0 Å². The van der Waals surface area contributed by atoms with E-state index in [1.807, 2.05) is 0 Å². The number of nitrogens with two attached hydrogens (primary N) is 1. The molecule has 3 rings (SSSR count). The average Bonchev–Trinajstić information content (AvgIpc) is 2.76. The van der Waals surface area contributed by atoms with Crippen LogP contribution in [0, 0.1) is 0 Å². The predicted molar refractivity (Wildman–Crippen MR) is 60.1 cm³/mol. The van der Waals surface area contributed by atoms with Crippen LogP contribution in [0.5, 0.6) is 5.75 Å². The van der Waals surface area contributed by atoms with Crippen molar-refractivity contribution in [3.63, 3.8) is 0 Å². The van der Waals surface area contributed by atoms with Gasteiger partial charge in [-0.25, -0.2) is 0 Å². The van der Waals surface area contributed by atoms with E-state index in [2.05, 4.69) is 25.1 Å². The summed E-state index contributed by atoms with van der Waals surface area (Å²) in [6.07, 6.45) is 4.72. The fourth-order valence-corrected chi connectivity index (χ4v) is 2.30. The van der Waals surface area contributed by atoms with Crippen LogP contribution < -0.4 is 10.5 Å². The van der Waals surface area contributed by atoms with Crippen molar-refractivity contribution in [1.82, 2.24) is 0 Å². The largest absolute Gasteiger partial charge is 0.490 e. The van der Waals surface area contributed by atoms with Gasteiger partial charge in [0, 0.05) is 12.0 Å². The van der Waals surface area contributed by atoms with Crippen molar-refractivity contribution in [3.05, 3.63) is 29.3 Å². The molecule has 1 aromatic carbocycles. The molecule has 2 N–H and O–H groups in total. The van der Waals surface area contributed by atoms with Crippen molar-refractivity contribution >= 4 is 0 Å². The van der Waals surface area contributed by atoms with Crippen molar-refractivity contribution < 1.29 is 4.74 Å². The Kier molecular flexibility index (Phi) is 1.84. The first-order valence-electron chi connectivity index (χ1n) is 5.72. The third-order valence-electron chi connectivity index (χ3n) is 3.42. The number of benzene rings is 1. The van der Waals surface area contributed by atoms with Crippen molar-refractivity contribution in [2.45, 2.75) is 44.2 Å². The first-order valence-corrected chi connectivity index (χ1v) is 5.72. The minimum Gasteiger partial charge on any atom is -0.490 e. The third kappa shape index (κ3) is 1.74. The zero-order chi connectivity index (χ0) is 10.5. The van der Waals surface area contributed by atoms with Crippen LogP contribution in [0.1, 0.15) is 30.9 Å². The van der Waals surface area contributed by atoms with E-state index < -0.39 is 0 Å². The summed E-state index contributed by atoms with van der Waals surface area (Å²) in [6.45, 7) is 2.12. The first kappa shape index (κ1) is 9.22. The van der Waals surface area contributed by atoms with Gasteiger partial charge in [0.2, 0.25) is 0 Å². The monoisotopic (exact) mass is 203 g/mol. The molecule has 0 aromatic heterocycles. The van der Waals surface area contributed by atoms with Gasteiger partial charge in [-0.3, -0.25) is 0 Å². The summed E-state index contributed by atoms with van der Waals surface area (Å²) in [7, 11) is 0. The number of fused-ring (bicyclic) bond motifs is 1. The standard InChI is InChI=1S/C13H17NO/c1-9-6-11-3-2-10(7-12(11)15-9)8-13(14)4-5-13/h2-3,7,9H,4-6,8,14H2,1H3. The molecule has 1 unspecified atom stereocenters. The van der Waals surface area contributed by atoms with E-state index >= 15 is 0 Å². The summed E-state index contributed by atoms with van der Waals surface area (Å²) in [6, 6.07) is 6.57. The highest BCUT2D eigenvalue weighted by atomic mass is 16.5. The van der Waals surface area contributed by atoms with Gasteiger partial charge in [0.15, 0.2) is 0 Å². The molecular formula is C13H17NO. The topological polar surface area (TPSA) is 35.2 Å². The first-order chi connectivity index (χ1) is 7.15. The van der Waals surface area contributed by atoms with E-state index in [0.717, 1.165) is 18.6 Å². The van der Waals surface area contributed by atoms with E-state index in [1.165, 1.54) is 24.0 Å². The van der Waals surface area contributed by atoms with E-state index in [0.29, 0.717) is 6.10 Å². The Morgan fingerprint density at radius 1 is 1.47 bits per heavy atom. The smallest absolute Gasteiger partial charge is 0.123 e. The number of ether oxygens (including phenoxy) is 1. The fraction of sp³-hybridized carbons (Fsp3) is 0.538. The zero-order valence-corrected chi connectivity index (χ0v) is 9.12. The van der Waals surface area contributed by atoms with Gasteiger partial charge in [-0.2, -0.15) is 0 Å². The zero-order valence-electron chi connectivity index (χ0n) is 9.12. The van der Waals surface area contributed by atoms with Crippen LogP contribution in [-0.2, 0) is 12.8 Å². The molecule has 1 heterocycles. The highest BCUT2D eigenvalue weighted by molar-refractivity contribution is 5.41. The lowest BCUT2D eigenvalue weighted by atomic mass is 10.0. The molecule has 1 aromatic rings. The molecule has 1 aliphatic heterocycles. The number of rotatable bonds is 2. The Labute approximate surface area is 90.4 Å². The highest BCUT2D eigenvalue weighted by Gasteiger charge is 2.38. The molecule has 0 amide bonds. The SMILES string of the molecule is CC1Cc2ccc(CC3(N)CC3)cc2O1. The molecule has 2 aliphatic rings. The third-order valence-corrected chi connectivity index (χ3v) is 3.42. The van der Waals surface area contributed by atoms with Crippen LogP contribution in [0.25, 0.3) is 0 Å². The summed E-state index contributed by atoms with van der Waals surface area (Å²) in [5, 5.41) is 0. The molecule has 1 aliphatic carbocycles. The van der Waals surface area contributed by atoms with Crippen molar-refractivity contribution in [2.24, 2.45) is 5.73 Å². The molecule has 2 heteroatoms. The van der Waals surface area contributed by atoms with Crippen LogP contribution in [0.2, 0.25) is 0 Å². The Bertz CT molecular complexity index is 396. The maximum Gasteiger partial charge on any atom is 0.123 e. The molecular weight excluding hydrogens is 186 g/mol. The Balaban J connectivity index is 1.83. The van der Waals surface area contributed by atoms with Gasteiger partial charge in [-0.15, -0.1) is 0 Å². The van der Waals surface area contributed by atoms with Gasteiger partial charge in [0.1, 0.15) is 11.9 Å². The molecule has 0 radical (unpaired) electrons. The number of hydrogen-bond acceptors (Lipinski definition) is 2. The summed E-state index contributed by atoms with van der Waals surface area (Å²) in [5.74, 6) is 1.07. The second kappa shape index (κ2) is 2.99. The summed E-state index contributed by atoms with van der Waals surface area (Å²) >= 11 is 0. The molecule has 0 spiro atoms. The quantitative estimate of drug-likeness (QED) is 0.798. The second-order valence-electron chi connectivity index (χ2n) is 5.11. The summed E-state index contributed by atoms with van der Waals surface area (Å²) in [5.41, 5.74) is 8.87. The summed E-state index contributed by atoms with van der Waals surface area (Å²) < 4.78 is 5.74. The highest BCUT2D eigenvalue weighted by Crippen LogP contribution is 2.37. The van der Waals surface area contributed by atoms with Crippen LogP contribution in [-0.4, -0.2) is 11.6 Å². The normalized spacial score (nSPS) is 25.9. The lowest BCUT2D eigenvalue weighted by Gasteiger charge is -2.09. The van der Waals surface area contributed by atoms with Gasteiger partial charge in [-0.05, 0) is 43.4 Å². The summed E-state index contributed by atoms with van der Waals surface area (Å²) in [4.78, 5) is 0. The van der Waals surface area contributed by atoms with Crippen LogP contribution in [0.4, 0.5) is 0 Å². The average molecular weight is 203 g/mol. The molecule has 1 saturated carbocycles. The fourth-order valence-electron chi connectivity index (χ4n) is 2.30. The molecule has 15 heavy (non-hydrogen) atoms. The molecule has 0 bridgehead atoms. The maximum absolute atomic E-state index is 6.11. The number of hydrogen-bond donors (Lipinski definition) is 1. The molecule has 1 atom stereocenters. The van der Waals surface area contributed by atoms with Crippen LogP contribution in [0.3, 0.4) is 0 Å². The van der Waals surface area contributed by atoms with Gasteiger partial charge in [-0.1, -0.05) is 12.1 Å². The van der Waals surface area contributed by atoms with Crippen molar-refractivity contribution in [2.75, 3.05) is 0 Å². The van der Waals surface area contributed by atoms with Crippen molar-refractivity contribution in [3.8, 4) is 5.75 Å². The van der Waals surface area contributed by atoms with E-state index in [1.54, 1.807) is 0 Å². The Morgan fingerprint density at radius 3 is 3.00 bits per heavy atom. The maximum atomic E-state index is 6.11. The van der Waals surface area contributed by atoms with Gasteiger partial charge in [0.05, 0.1) is 0 Å². The lowest BCUT2D eigenvalue weighted by Crippen LogP contribution is -2.24. The van der Waals surface area contributed by atoms with Crippen LogP contribution in [0.15, 0.2) is 18.2 Å². The molecule has 1 fully saturated rings. The van der Waals surface area contributed by atoms with Gasteiger partial charge < -0.3 is 10.5 Å². The predicted octanol–water partition coefficient (Wildman–Crippen LogP) is 2.04. The van der Waals surface area contributed by atoms with Gasteiger partial charge in [0.25, 0.3) is 0 Å².